The summed E-state index contributed by atoms with van der Waals surface area (Å²) < 4.78 is 6.70. The number of nitrogens with zero attached hydrogens (tertiary/aromatic N) is 4. The molecule has 0 fully saturated rings. The molecular formula is C29H32N4O5. The van der Waals surface area contributed by atoms with Crippen LogP contribution in [0.5, 0.6) is 5.75 Å². The fourth-order valence-electron chi connectivity index (χ4n) is 4.92. The van der Waals surface area contributed by atoms with Crippen LogP contribution < -0.4 is 4.74 Å². The molecule has 0 saturated heterocycles. The zero-order chi connectivity index (χ0) is 27.6. The highest BCUT2D eigenvalue weighted by molar-refractivity contribution is 6.00. The van der Waals surface area contributed by atoms with E-state index in [1.165, 1.54) is 15.6 Å². The SMILES string of the molecule is C=CCCc1nn(-c2ccc(C(=O)N(C)Cc3ccc(OC)cc3)cc2[N+](=O)[O-])c2c1C(=O)CC(C)(C)C2. The monoisotopic (exact) mass is 516 g/mol. The number of ketones is 1. The molecule has 0 spiro atoms. The lowest BCUT2D eigenvalue weighted by Gasteiger charge is -2.29. The topological polar surface area (TPSA) is 108 Å². The Labute approximate surface area is 221 Å². The van der Waals surface area contributed by atoms with Crippen LogP contribution in [0.25, 0.3) is 5.69 Å². The number of Topliss-reactive ketones (excluding diaryl/α,β-unsaturated/α-hetero) is 1. The van der Waals surface area contributed by atoms with Gasteiger partial charge in [-0.1, -0.05) is 32.1 Å². The summed E-state index contributed by atoms with van der Waals surface area (Å²) >= 11 is 0. The van der Waals surface area contributed by atoms with Crippen LogP contribution in [0.3, 0.4) is 0 Å². The molecule has 4 rings (SSSR count). The maximum atomic E-state index is 13.2. The van der Waals surface area contributed by atoms with Crippen LogP contribution in [0.4, 0.5) is 5.69 Å². The first kappa shape index (κ1) is 26.8. The molecule has 0 saturated carbocycles. The van der Waals surface area contributed by atoms with Gasteiger partial charge in [0, 0.05) is 31.6 Å². The zero-order valence-electron chi connectivity index (χ0n) is 22.2. The molecule has 3 aromatic rings. The van der Waals surface area contributed by atoms with Crippen molar-refractivity contribution in [3.8, 4) is 11.4 Å². The van der Waals surface area contributed by atoms with Crippen molar-refractivity contribution in [3.05, 3.63) is 93.3 Å². The van der Waals surface area contributed by atoms with Crippen LogP contribution in [-0.4, -0.2) is 45.5 Å². The molecule has 0 bridgehead atoms. The Hall–Kier alpha value is -4.27. The molecule has 0 unspecified atom stereocenters. The number of aromatic nitrogens is 2. The molecular weight excluding hydrogens is 484 g/mol. The van der Waals surface area contributed by atoms with E-state index >= 15 is 0 Å². The van der Waals surface area contributed by atoms with E-state index in [4.69, 9.17) is 4.74 Å². The minimum atomic E-state index is -0.511. The Kier molecular flexibility index (Phi) is 7.48. The van der Waals surface area contributed by atoms with Crippen LogP contribution in [0.15, 0.2) is 55.1 Å². The van der Waals surface area contributed by atoms with Crippen molar-refractivity contribution >= 4 is 17.4 Å². The number of rotatable bonds is 9. The first-order valence-electron chi connectivity index (χ1n) is 12.5. The number of aryl methyl sites for hydroxylation is 1. The van der Waals surface area contributed by atoms with Gasteiger partial charge in [-0.3, -0.25) is 19.7 Å². The fourth-order valence-corrected chi connectivity index (χ4v) is 4.92. The van der Waals surface area contributed by atoms with Crippen molar-refractivity contribution in [3.63, 3.8) is 0 Å². The summed E-state index contributed by atoms with van der Waals surface area (Å²) in [4.78, 5) is 39.4. The van der Waals surface area contributed by atoms with E-state index in [9.17, 15) is 19.7 Å². The Morgan fingerprint density at radius 1 is 1.24 bits per heavy atom. The average molecular weight is 517 g/mol. The van der Waals surface area contributed by atoms with Gasteiger partial charge in [0.25, 0.3) is 11.6 Å². The maximum Gasteiger partial charge on any atom is 0.295 e. The van der Waals surface area contributed by atoms with Crippen LogP contribution in [0.1, 0.15) is 64.4 Å². The predicted molar refractivity (Wildman–Crippen MR) is 144 cm³/mol. The molecule has 38 heavy (non-hydrogen) atoms. The molecule has 0 atom stereocenters. The number of ether oxygens (including phenoxy) is 1. The highest BCUT2D eigenvalue weighted by atomic mass is 16.6. The summed E-state index contributed by atoms with van der Waals surface area (Å²) in [6.07, 6.45) is 3.86. The third-order valence-electron chi connectivity index (χ3n) is 6.78. The fraction of sp³-hybridized carbons (Fsp3) is 0.345. The number of nitro benzene ring substituents is 1. The second kappa shape index (κ2) is 10.6. The van der Waals surface area contributed by atoms with Gasteiger partial charge in [-0.05, 0) is 54.5 Å². The molecule has 1 amide bonds. The summed E-state index contributed by atoms with van der Waals surface area (Å²) in [5, 5.41) is 16.9. The van der Waals surface area contributed by atoms with Gasteiger partial charge in [0.05, 0.1) is 29.0 Å². The van der Waals surface area contributed by atoms with Gasteiger partial charge in [-0.2, -0.15) is 5.10 Å². The van der Waals surface area contributed by atoms with Gasteiger partial charge in [-0.25, -0.2) is 4.68 Å². The van der Waals surface area contributed by atoms with Gasteiger partial charge in [0.1, 0.15) is 11.4 Å². The van der Waals surface area contributed by atoms with Crippen molar-refractivity contribution in [2.45, 2.75) is 46.1 Å². The summed E-state index contributed by atoms with van der Waals surface area (Å²) in [7, 11) is 3.23. The number of hydrogen-bond acceptors (Lipinski definition) is 6. The highest BCUT2D eigenvalue weighted by Gasteiger charge is 2.37. The average Bonchev–Trinajstić information content (AvgIpc) is 3.24. The summed E-state index contributed by atoms with van der Waals surface area (Å²) in [5.74, 6) is 0.365. The van der Waals surface area contributed by atoms with Gasteiger partial charge < -0.3 is 9.64 Å². The number of benzene rings is 2. The third kappa shape index (κ3) is 5.37. The lowest BCUT2D eigenvalue weighted by molar-refractivity contribution is -0.384. The number of carbonyl (C=O) groups excluding carboxylic acids is 2. The zero-order valence-corrected chi connectivity index (χ0v) is 22.2. The summed E-state index contributed by atoms with van der Waals surface area (Å²) in [5.41, 5.74) is 2.63. The van der Waals surface area contributed by atoms with Gasteiger partial charge in [0.2, 0.25) is 0 Å². The summed E-state index contributed by atoms with van der Waals surface area (Å²) in [6.45, 7) is 8.09. The van der Waals surface area contributed by atoms with Crippen LogP contribution in [0, 0.1) is 15.5 Å². The third-order valence-corrected chi connectivity index (χ3v) is 6.78. The normalized spacial score (nSPS) is 14.1. The molecule has 0 radical (unpaired) electrons. The molecule has 9 nitrogen and oxygen atoms in total. The van der Waals surface area contributed by atoms with E-state index in [0.29, 0.717) is 54.9 Å². The minimum Gasteiger partial charge on any atom is -0.497 e. The van der Waals surface area contributed by atoms with Crippen molar-refractivity contribution in [1.29, 1.82) is 0 Å². The quantitative estimate of drug-likeness (QED) is 0.216. The lowest BCUT2D eigenvalue weighted by Crippen LogP contribution is -2.28. The second-order valence-corrected chi connectivity index (χ2v) is 10.4. The predicted octanol–water partition coefficient (Wildman–Crippen LogP) is 5.34. The minimum absolute atomic E-state index is 0.00355. The molecule has 0 aliphatic heterocycles. The molecule has 0 N–H and O–H groups in total. The van der Waals surface area contributed by atoms with Crippen molar-refractivity contribution < 1.29 is 19.2 Å². The molecule has 1 heterocycles. The van der Waals surface area contributed by atoms with E-state index in [2.05, 4.69) is 11.7 Å². The number of hydrogen-bond donors (Lipinski definition) is 0. The molecule has 1 aliphatic rings. The van der Waals surface area contributed by atoms with E-state index in [0.717, 1.165) is 5.56 Å². The van der Waals surface area contributed by atoms with E-state index in [1.54, 1.807) is 32.4 Å². The smallest absolute Gasteiger partial charge is 0.295 e. The van der Waals surface area contributed by atoms with Gasteiger partial charge in [0.15, 0.2) is 5.78 Å². The molecule has 1 aliphatic carbocycles. The number of allylic oxidation sites excluding steroid dienone is 1. The van der Waals surface area contributed by atoms with Crippen molar-refractivity contribution in [2.75, 3.05) is 14.2 Å². The van der Waals surface area contributed by atoms with E-state index < -0.39 is 4.92 Å². The standard InChI is InChI=1S/C29H32N4O5/c1-6-7-8-22-27-25(16-29(2,3)17-26(27)34)32(30-22)23-14-11-20(15-24(23)33(36)37)28(35)31(4)18-19-9-12-21(38-5)13-10-19/h6,9-15H,1,7-8,16-18H2,2-5H3. The Bertz CT molecular complexity index is 1410. The Balaban J connectivity index is 1.71. The number of carbonyl (C=O) groups is 2. The first-order chi connectivity index (χ1) is 18.0. The number of fused-ring (bicyclic) bond motifs is 1. The molecule has 2 aromatic carbocycles. The number of amides is 1. The Morgan fingerprint density at radius 3 is 2.58 bits per heavy atom. The van der Waals surface area contributed by atoms with Crippen molar-refractivity contribution in [1.82, 2.24) is 14.7 Å². The van der Waals surface area contributed by atoms with Gasteiger partial charge >= 0.3 is 0 Å². The van der Waals surface area contributed by atoms with Gasteiger partial charge in [-0.15, -0.1) is 6.58 Å². The van der Waals surface area contributed by atoms with Crippen LogP contribution >= 0.6 is 0 Å². The highest BCUT2D eigenvalue weighted by Crippen LogP contribution is 2.39. The molecule has 198 valence electrons. The number of methoxy groups -OCH3 is 1. The second-order valence-electron chi connectivity index (χ2n) is 10.4. The first-order valence-corrected chi connectivity index (χ1v) is 12.5. The molecule has 9 heteroatoms. The van der Waals surface area contributed by atoms with Crippen LogP contribution in [-0.2, 0) is 19.4 Å². The number of nitro groups is 1. The summed E-state index contributed by atoms with van der Waals surface area (Å²) in [6, 6.07) is 11.8. The lowest BCUT2D eigenvalue weighted by atomic mass is 9.75. The van der Waals surface area contributed by atoms with E-state index in [1.807, 2.05) is 38.1 Å². The van der Waals surface area contributed by atoms with E-state index in [-0.39, 0.29) is 34.0 Å². The largest absolute Gasteiger partial charge is 0.497 e. The Morgan fingerprint density at radius 2 is 1.95 bits per heavy atom. The molecule has 1 aromatic heterocycles. The maximum absolute atomic E-state index is 13.2. The van der Waals surface area contributed by atoms with Crippen LogP contribution in [0.2, 0.25) is 0 Å². The van der Waals surface area contributed by atoms with Crippen molar-refractivity contribution in [2.24, 2.45) is 5.41 Å².